The van der Waals surface area contributed by atoms with Crippen molar-refractivity contribution >= 4 is 33.5 Å². The minimum Gasteiger partial charge on any atom is -0.481 e. The van der Waals surface area contributed by atoms with Crippen LogP contribution in [0, 0.1) is 0 Å². The molecule has 0 spiro atoms. The third kappa shape index (κ3) is 3.54. The third-order valence-electron chi connectivity index (χ3n) is 1.91. The molecule has 1 rings (SSSR count). The molecule has 0 radical (unpaired) electrons. The monoisotopic (exact) mass is 286 g/mol. The molecule has 0 saturated heterocycles. The van der Waals surface area contributed by atoms with Crippen LogP contribution < -0.4 is 11.1 Å². The highest BCUT2D eigenvalue weighted by Crippen LogP contribution is 2.23. The molecule has 0 heterocycles. The second-order valence-corrected chi connectivity index (χ2v) is 3.98. The van der Waals surface area contributed by atoms with Gasteiger partial charge in [0.2, 0.25) is 5.91 Å². The van der Waals surface area contributed by atoms with Gasteiger partial charge < -0.3 is 16.2 Å². The van der Waals surface area contributed by atoms with Crippen LogP contribution in [-0.2, 0) is 4.79 Å². The zero-order valence-electron chi connectivity index (χ0n) is 8.37. The molecular weight excluding hydrogens is 276 g/mol. The molecule has 0 fully saturated rings. The molecule has 1 aromatic rings. The number of nitrogens with two attached hydrogens (primary N) is 1. The summed E-state index contributed by atoms with van der Waals surface area (Å²) in [4.78, 5) is 21.2. The first-order valence-corrected chi connectivity index (χ1v) is 5.35. The van der Waals surface area contributed by atoms with E-state index >= 15 is 0 Å². The summed E-state index contributed by atoms with van der Waals surface area (Å²) in [5, 5.41) is 11.4. The van der Waals surface area contributed by atoms with Crippen molar-refractivity contribution in [2.45, 2.75) is 6.42 Å². The van der Waals surface area contributed by atoms with Gasteiger partial charge in [-0.05, 0) is 34.1 Å². The van der Waals surface area contributed by atoms with Crippen molar-refractivity contribution in [3.63, 3.8) is 0 Å². The van der Waals surface area contributed by atoms with Gasteiger partial charge >= 0.3 is 5.97 Å². The topological polar surface area (TPSA) is 92.4 Å². The Balaban J connectivity index is 2.68. The van der Waals surface area contributed by atoms with Crippen molar-refractivity contribution in [3.05, 3.63) is 28.2 Å². The number of benzene rings is 1. The average Bonchev–Trinajstić information content (AvgIpc) is 2.19. The fourth-order valence-electron chi connectivity index (χ4n) is 1.12. The standard InChI is InChI=1S/C10H11BrN2O3/c11-7-5-6(10(12)16)1-2-8(7)13-4-3-9(14)15/h1-2,5,13H,3-4H2,(H2,12,16)(H,14,15). The average molecular weight is 287 g/mol. The van der Waals surface area contributed by atoms with E-state index in [1.54, 1.807) is 18.2 Å². The fourth-order valence-corrected chi connectivity index (χ4v) is 1.63. The van der Waals surface area contributed by atoms with Crippen molar-refractivity contribution in [1.29, 1.82) is 0 Å². The number of carbonyl (C=O) groups is 2. The van der Waals surface area contributed by atoms with Crippen molar-refractivity contribution in [2.75, 3.05) is 11.9 Å². The molecule has 1 amide bonds. The summed E-state index contributed by atoms with van der Waals surface area (Å²) >= 11 is 3.26. The molecule has 1 aromatic carbocycles. The largest absolute Gasteiger partial charge is 0.481 e. The van der Waals surface area contributed by atoms with Gasteiger partial charge in [-0.25, -0.2) is 0 Å². The normalized spacial score (nSPS) is 9.81. The van der Waals surface area contributed by atoms with Crippen molar-refractivity contribution in [1.82, 2.24) is 0 Å². The summed E-state index contributed by atoms with van der Waals surface area (Å²) in [5.74, 6) is -1.37. The molecular formula is C10H11BrN2O3. The number of nitrogens with one attached hydrogen (secondary N) is 1. The Hall–Kier alpha value is -1.56. The highest BCUT2D eigenvalue weighted by atomic mass is 79.9. The summed E-state index contributed by atoms with van der Waals surface area (Å²) in [5.41, 5.74) is 6.24. The Morgan fingerprint density at radius 1 is 1.44 bits per heavy atom. The fraction of sp³-hybridized carbons (Fsp3) is 0.200. The number of amides is 1. The quantitative estimate of drug-likeness (QED) is 0.764. The first-order valence-electron chi connectivity index (χ1n) is 4.55. The van der Waals surface area contributed by atoms with Gasteiger partial charge in [0, 0.05) is 22.3 Å². The van der Waals surface area contributed by atoms with Gasteiger partial charge in [-0.1, -0.05) is 0 Å². The van der Waals surface area contributed by atoms with E-state index in [2.05, 4.69) is 21.2 Å². The number of anilines is 1. The lowest BCUT2D eigenvalue weighted by Gasteiger charge is -2.07. The zero-order valence-corrected chi connectivity index (χ0v) is 9.95. The molecule has 0 saturated carbocycles. The molecule has 0 unspecified atom stereocenters. The number of halogens is 1. The van der Waals surface area contributed by atoms with Gasteiger partial charge in [0.25, 0.3) is 0 Å². The third-order valence-corrected chi connectivity index (χ3v) is 2.56. The van der Waals surface area contributed by atoms with E-state index in [1.807, 2.05) is 0 Å². The van der Waals surface area contributed by atoms with Gasteiger partial charge in [0.05, 0.1) is 6.42 Å². The SMILES string of the molecule is NC(=O)c1ccc(NCCC(=O)O)c(Br)c1. The lowest BCUT2D eigenvalue weighted by Crippen LogP contribution is -2.12. The molecule has 0 atom stereocenters. The van der Waals surface area contributed by atoms with E-state index in [0.29, 0.717) is 16.6 Å². The summed E-state index contributed by atoms with van der Waals surface area (Å²) in [7, 11) is 0. The maximum Gasteiger partial charge on any atom is 0.305 e. The van der Waals surface area contributed by atoms with Crippen molar-refractivity contribution in [3.8, 4) is 0 Å². The molecule has 0 aliphatic carbocycles. The molecule has 16 heavy (non-hydrogen) atoms. The Labute approximate surface area is 101 Å². The van der Waals surface area contributed by atoms with Crippen LogP contribution in [0.1, 0.15) is 16.8 Å². The molecule has 0 aliphatic rings. The Bertz CT molecular complexity index is 421. The zero-order chi connectivity index (χ0) is 12.1. The number of hydrogen-bond acceptors (Lipinski definition) is 3. The minimum atomic E-state index is -0.864. The molecule has 5 nitrogen and oxygen atoms in total. The highest BCUT2D eigenvalue weighted by molar-refractivity contribution is 9.10. The van der Waals surface area contributed by atoms with Crippen LogP contribution in [0.15, 0.2) is 22.7 Å². The Morgan fingerprint density at radius 3 is 2.62 bits per heavy atom. The Kier molecular flexibility index (Phi) is 4.30. The van der Waals surface area contributed by atoms with Crippen LogP contribution in [0.4, 0.5) is 5.69 Å². The predicted octanol–water partition coefficient (Wildman–Crippen LogP) is 1.43. The summed E-state index contributed by atoms with van der Waals surface area (Å²) in [6.45, 7) is 0.323. The molecule has 0 bridgehead atoms. The van der Waals surface area contributed by atoms with Crippen molar-refractivity contribution in [2.24, 2.45) is 5.73 Å². The van der Waals surface area contributed by atoms with E-state index in [4.69, 9.17) is 10.8 Å². The summed E-state index contributed by atoms with van der Waals surface area (Å²) in [6.07, 6.45) is 0.0318. The first-order chi connectivity index (χ1) is 7.50. The smallest absolute Gasteiger partial charge is 0.305 e. The summed E-state index contributed by atoms with van der Waals surface area (Å²) < 4.78 is 0.675. The van der Waals surface area contributed by atoms with Crippen LogP contribution >= 0.6 is 15.9 Å². The molecule has 0 aliphatic heterocycles. The maximum atomic E-state index is 10.9. The maximum absolute atomic E-state index is 10.9. The second-order valence-electron chi connectivity index (χ2n) is 3.13. The van der Waals surface area contributed by atoms with Gasteiger partial charge in [-0.3, -0.25) is 9.59 Å². The van der Waals surface area contributed by atoms with E-state index in [1.165, 1.54) is 0 Å². The van der Waals surface area contributed by atoms with E-state index in [0.717, 1.165) is 5.69 Å². The minimum absolute atomic E-state index is 0.0318. The van der Waals surface area contributed by atoms with E-state index in [-0.39, 0.29) is 6.42 Å². The van der Waals surface area contributed by atoms with Crippen LogP contribution in [-0.4, -0.2) is 23.5 Å². The lowest BCUT2D eigenvalue weighted by molar-refractivity contribution is -0.136. The van der Waals surface area contributed by atoms with E-state index in [9.17, 15) is 9.59 Å². The number of primary amides is 1. The predicted molar refractivity (Wildman–Crippen MR) is 63.4 cm³/mol. The second kappa shape index (κ2) is 5.50. The molecule has 0 aromatic heterocycles. The Morgan fingerprint density at radius 2 is 2.12 bits per heavy atom. The number of aliphatic carboxylic acids is 1. The van der Waals surface area contributed by atoms with Crippen LogP contribution in [0.25, 0.3) is 0 Å². The lowest BCUT2D eigenvalue weighted by atomic mass is 10.2. The molecule has 4 N–H and O–H groups in total. The summed E-state index contributed by atoms with van der Waals surface area (Å²) in [6, 6.07) is 4.84. The van der Waals surface area contributed by atoms with Gasteiger partial charge in [0.1, 0.15) is 0 Å². The number of carboxylic acids is 1. The van der Waals surface area contributed by atoms with Crippen LogP contribution in [0.3, 0.4) is 0 Å². The van der Waals surface area contributed by atoms with Crippen LogP contribution in [0.5, 0.6) is 0 Å². The van der Waals surface area contributed by atoms with Crippen LogP contribution in [0.2, 0.25) is 0 Å². The van der Waals surface area contributed by atoms with E-state index < -0.39 is 11.9 Å². The highest BCUT2D eigenvalue weighted by Gasteiger charge is 2.05. The number of carboxylic acid groups (broad SMARTS) is 1. The number of carbonyl (C=O) groups excluding carboxylic acids is 1. The number of hydrogen-bond donors (Lipinski definition) is 3. The van der Waals surface area contributed by atoms with Gasteiger partial charge in [0.15, 0.2) is 0 Å². The van der Waals surface area contributed by atoms with Gasteiger partial charge in [-0.2, -0.15) is 0 Å². The molecule has 6 heteroatoms. The van der Waals surface area contributed by atoms with Crippen molar-refractivity contribution < 1.29 is 14.7 Å². The number of rotatable bonds is 5. The first kappa shape index (κ1) is 12.5. The molecule has 86 valence electrons. The van der Waals surface area contributed by atoms with Gasteiger partial charge in [-0.15, -0.1) is 0 Å².